The van der Waals surface area contributed by atoms with Gasteiger partial charge in [-0.2, -0.15) is 0 Å². The van der Waals surface area contributed by atoms with Crippen LogP contribution in [0.1, 0.15) is 54.9 Å². The number of ether oxygens (including phenoxy) is 1. The lowest BCUT2D eigenvalue weighted by Crippen LogP contribution is -2.43. The number of esters is 1. The van der Waals surface area contributed by atoms with Gasteiger partial charge in [0.25, 0.3) is 5.91 Å². The van der Waals surface area contributed by atoms with Crippen molar-refractivity contribution in [3.63, 3.8) is 0 Å². The number of hydrogen-bond donors (Lipinski definition) is 1. The summed E-state index contributed by atoms with van der Waals surface area (Å²) < 4.78 is 18.5. The number of benzene rings is 1. The van der Waals surface area contributed by atoms with E-state index in [4.69, 9.17) is 4.74 Å². The van der Waals surface area contributed by atoms with Gasteiger partial charge in [0, 0.05) is 35.8 Å². The molecule has 0 aliphatic carbocycles. The molecule has 0 spiro atoms. The summed E-state index contributed by atoms with van der Waals surface area (Å²) >= 11 is 0. The highest BCUT2D eigenvalue weighted by Crippen LogP contribution is 2.24. The number of amides is 1. The minimum atomic E-state index is -0.898. The molecule has 166 valence electrons. The van der Waals surface area contributed by atoms with Crippen LogP contribution in [-0.2, 0) is 11.3 Å². The number of rotatable bonds is 7. The normalized spacial score (nSPS) is 11.7. The molecule has 3 aromatic rings. The Labute approximate surface area is 185 Å². The van der Waals surface area contributed by atoms with E-state index in [-0.39, 0.29) is 23.6 Å². The van der Waals surface area contributed by atoms with Crippen LogP contribution in [0.2, 0.25) is 0 Å². The van der Waals surface area contributed by atoms with Crippen LogP contribution >= 0.6 is 0 Å². The van der Waals surface area contributed by atoms with Crippen molar-refractivity contribution in [3.8, 4) is 0 Å². The standard InChI is InChI=1S/C24H24FN3O4/c1-14-20(15(2)27-21(14)24(31)32-4)22(29)16(3)28(13-17-7-6-10-26-12-17)23(30)18-8-5-9-19(25)11-18/h5-12,16,27H,13H2,1-4H3. The number of carbonyl (C=O) groups excluding carboxylic acids is 3. The summed E-state index contributed by atoms with van der Waals surface area (Å²) in [7, 11) is 1.26. The number of nitrogens with zero attached hydrogens (tertiary/aromatic N) is 2. The number of methoxy groups -OCH3 is 1. The Hall–Kier alpha value is -3.81. The molecule has 1 atom stereocenters. The van der Waals surface area contributed by atoms with Crippen molar-refractivity contribution in [3.05, 3.63) is 88.3 Å². The minimum Gasteiger partial charge on any atom is -0.464 e. The van der Waals surface area contributed by atoms with Crippen molar-refractivity contribution >= 4 is 17.7 Å². The Morgan fingerprint density at radius 2 is 1.94 bits per heavy atom. The highest BCUT2D eigenvalue weighted by molar-refractivity contribution is 6.07. The molecule has 2 heterocycles. The minimum absolute atomic E-state index is 0.0997. The SMILES string of the molecule is COC(=O)c1[nH]c(C)c(C(=O)C(C)N(Cc2cccnc2)C(=O)c2cccc(F)c2)c1C. The van der Waals surface area contributed by atoms with Crippen LogP contribution in [0.15, 0.2) is 48.8 Å². The molecule has 1 N–H and O–H groups in total. The van der Waals surface area contributed by atoms with Gasteiger partial charge in [-0.3, -0.25) is 14.6 Å². The number of ketones is 1. The highest BCUT2D eigenvalue weighted by Gasteiger charge is 2.32. The lowest BCUT2D eigenvalue weighted by molar-refractivity contribution is 0.0592. The topological polar surface area (TPSA) is 92.4 Å². The molecule has 0 fully saturated rings. The van der Waals surface area contributed by atoms with Gasteiger partial charge < -0.3 is 14.6 Å². The van der Waals surface area contributed by atoms with E-state index in [9.17, 15) is 18.8 Å². The van der Waals surface area contributed by atoms with Crippen molar-refractivity contribution in [2.75, 3.05) is 7.11 Å². The third-order valence-electron chi connectivity index (χ3n) is 5.33. The summed E-state index contributed by atoms with van der Waals surface area (Å²) in [6, 6.07) is 7.95. The van der Waals surface area contributed by atoms with Gasteiger partial charge in [0.15, 0.2) is 5.78 Å². The summed E-state index contributed by atoms with van der Waals surface area (Å²) in [5.74, 6) is -1.97. The second-order valence-corrected chi connectivity index (χ2v) is 7.46. The molecule has 8 heteroatoms. The largest absolute Gasteiger partial charge is 0.464 e. The van der Waals surface area contributed by atoms with Crippen LogP contribution in [0.25, 0.3) is 0 Å². The van der Waals surface area contributed by atoms with Crippen LogP contribution in [0.4, 0.5) is 4.39 Å². The van der Waals surface area contributed by atoms with Gasteiger partial charge in [0.2, 0.25) is 0 Å². The zero-order chi connectivity index (χ0) is 23.4. The zero-order valence-corrected chi connectivity index (χ0v) is 18.3. The number of aryl methyl sites for hydroxylation is 1. The monoisotopic (exact) mass is 437 g/mol. The first-order chi connectivity index (χ1) is 15.2. The summed E-state index contributed by atoms with van der Waals surface area (Å²) in [5, 5.41) is 0. The van der Waals surface area contributed by atoms with E-state index in [0.29, 0.717) is 16.8 Å². The predicted molar refractivity (Wildman–Crippen MR) is 116 cm³/mol. The molecule has 0 bridgehead atoms. The Morgan fingerprint density at radius 1 is 1.19 bits per heavy atom. The van der Waals surface area contributed by atoms with Crippen molar-refractivity contribution in [1.29, 1.82) is 0 Å². The number of pyridine rings is 1. The number of halogens is 1. The lowest BCUT2D eigenvalue weighted by Gasteiger charge is -2.29. The van der Waals surface area contributed by atoms with Crippen LogP contribution in [0.5, 0.6) is 0 Å². The van der Waals surface area contributed by atoms with Crippen LogP contribution in [-0.4, -0.2) is 45.7 Å². The molecule has 0 saturated carbocycles. The first-order valence-corrected chi connectivity index (χ1v) is 10.0. The maximum Gasteiger partial charge on any atom is 0.354 e. The Balaban J connectivity index is 2.01. The molecular formula is C24H24FN3O4. The fraction of sp³-hybridized carbons (Fsp3) is 0.250. The molecule has 1 amide bonds. The second kappa shape index (κ2) is 9.55. The maximum absolute atomic E-state index is 13.8. The smallest absolute Gasteiger partial charge is 0.354 e. The number of Topliss-reactive ketones (excluding diaryl/α,β-unsaturated/α-hetero) is 1. The van der Waals surface area contributed by atoms with Crippen molar-refractivity contribution in [1.82, 2.24) is 14.9 Å². The average Bonchev–Trinajstić information content (AvgIpc) is 3.10. The highest BCUT2D eigenvalue weighted by atomic mass is 19.1. The van der Waals surface area contributed by atoms with Crippen molar-refractivity contribution in [2.45, 2.75) is 33.4 Å². The zero-order valence-electron chi connectivity index (χ0n) is 18.3. The summed E-state index contributed by atoms with van der Waals surface area (Å²) in [6.07, 6.45) is 3.21. The van der Waals surface area contributed by atoms with E-state index in [1.807, 2.05) is 0 Å². The van der Waals surface area contributed by atoms with E-state index in [1.165, 1.54) is 30.2 Å². The Bertz CT molecular complexity index is 1160. The van der Waals surface area contributed by atoms with Gasteiger partial charge in [-0.05, 0) is 56.2 Å². The van der Waals surface area contributed by atoms with E-state index < -0.39 is 23.7 Å². The number of aromatic nitrogens is 2. The van der Waals surface area contributed by atoms with Crippen LogP contribution < -0.4 is 0 Å². The molecule has 0 aliphatic rings. The van der Waals surface area contributed by atoms with Crippen molar-refractivity contribution in [2.24, 2.45) is 0 Å². The second-order valence-electron chi connectivity index (χ2n) is 7.46. The van der Waals surface area contributed by atoms with Gasteiger partial charge in [0.05, 0.1) is 13.2 Å². The van der Waals surface area contributed by atoms with Crippen LogP contribution in [0, 0.1) is 19.7 Å². The number of H-pyrrole nitrogens is 1. The van der Waals surface area contributed by atoms with Gasteiger partial charge in [-0.15, -0.1) is 0 Å². The first kappa shape index (κ1) is 22.9. The number of nitrogens with one attached hydrogen (secondary N) is 1. The average molecular weight is 437 g/mol. The summed E-state index contributed by atoms with van der Waals surface area (Å²) in [4.78, 5) is 47.2. The molecule has 1 unspecified atom stereocenters. The van der Waals surface area contributed by atoms with Gasteiger partial charge in [-0.25, -0.2) is 9.18 Å². The van der Waals surface area contributed by atoms with E-state index >= 15 is 0 Å². The molecule has 0 saturated heterocycles. The van der Waals surface area contributed by atoms with Crippen LogP contribution in [0.3, 0.4) is 0 Å². The Kier molecular flexibility index (Phi) is 6.82. The molecule has 0 aliphatic heterocycles. The molecular weight excluding hydrogens is 413 g/mol. The summed E-state index contributed by atoms with van der Waals surface area (Å²) in [5.41, 5.74) is 2.31. The van der Waals surface area contributed by atoms with Gasteiger partial charge in [0.1, 0.15) is 11.5 Å². The maximum atomic E-state index is 13.8. The molecule has 3 rings (SSSR count). The molecule has 32 heavy (non-hydrogen) atoms. The Morgan fingerprint density at radius 3 is 2.56 bits per heavy atom. The van der Waals surface area contributed by atoms with E-state index in [1.54, 1.807) is 45.3 Å². The fourth-order valence-corrected chi connectivity index (χ4v) is 3.64. The lowest BCUT2D eigenvalue weighted by atomic mass is 9.99. The quantitative estimate of drug-likeness (QED) is 0.448. The molecule has 2 aromatic heterocycles. The number of aromatic amines is 1. The fourth-order valence-electron chi connectivity index (χ4n) is 3.64. The first-order valence-electron chi connectivity index (χ1n) is 10.0. The summed E-state index contributed by atoms with van der Waals surface area (Å²) in [6.45, 7) is 5.04. The number of carbonyl (C=O) groups is 3. The van der Waals surface area contributed by atoms with E-state index in [0.717, 1.165) is 11.6 Å². The predicted octanol–water partition coefficient (Wildman–Crippen LogP) is 3.87. The molecule has 1 aromatic carbocycles. The third kappa shape index (κ3) is 4.59. The molecule has 0 radical (unpaired) electrons. The van der Waals surface area contributed by atoms with Crippen molar-refractivity contribution < 1.29 is 23.5 Å². The van der Waals surface area contributed by atoms with Gasteiger partial charge in [-0.1, -0.05) is 12.1 Å². The van der Waals surface area contributed by atoms with Gasteiger partial charge >= 0.3 is 5.97 Å². The third-order valence-corrected chi connectivity index (χ3v) is 5.33. The molecule has 7 nitrogen and oxygen atoms in total. The van der Waals surface area contributed by atoms with E-state index in [2.05, 4.69) is 9.97 Å². The number of hydrogen-bond acceptors (Lipinski definition) is 5.